The van der Waals surface area contributed by atoms with Crippen LogP contribution in [0.2, 0.25) is 0 Å². The fraction of sp³-hybridized carbons (Fsp3) is 0.143. The fourth-order valence-electron chi connectivity index (χ4n) is 2.64. The van der Waals surface area contributed by atoms with Crippen LogP contribution in [-0.2, 0) is 9.59 Å². The third-order valence-electron chi connectivity index (χ3n) is 4.06. The highest BCUT2D eigenvalue weighted by atomic mass is 19.1. The van der Waals surface area contributed by atoms with Crippen molar-refractivity contribution in [3.8, 4) is 5.75 Å². The van der Waals surface area contributed by atoms with E-state index >= 15 is 0 Å². The molecule has 0 saturated carbocycles. The van der Waals surface area contributed by atoms with Crippen LogP contribution in [0.3, 0.4) is 0 Å². The van der Waals surface area contributed by atoms with Crippen molar-refractivity contribution in [2.24, 2.45) is 0 Å². The summed E-state index contributed by atoms with van der Waals surface area (Å²) in [7, 11) is 1.50. The van der Waals surface area contributed by atoms with E-state index in [9.17, 15) is 14.0 Å². The Balaban J connectivity index is 1.57. The Bertz CT molecular complexity index is 969. The van der Waals surface area contributed by atoms with Crippen LogP contribution in [0.5, 0.6) is 5.75 Å². The van der Waals surface area contributed by atoms with Gasteiger partial charge in [-0.1, -0.05) is 48.5 Å². The van der Waals surface area contributed by atoms with Crippen LogP contribution in [0.4, 0.5) is 10.1 Å². The first-order valence-electron chi connectivity index (χ1n) is 8.43. The van der Waals surface area contributed by atoms with Gasteiger partial charge in [-0.05, 0) is 23.6 Å². The number of rotatable bonds is 6. The van der Waals surface area contributed by atoms with Gasteiger partial charge in [-0.2, -0.15) is 0 Å². The summed E-state index contributed by atoms with van der Waals surface area (Å²) in [4.78, 5) is 25.7. The zero-order valence-electron chi connectivity index (χ0n) is 14.8. The summed E-state index contributed by atoms with van der Waals surface area (Å²) in [5, 5.41) is 4.75. The van der Waals surface area contributed by atoms with E-state index in [1.54, 1.807) is 6.07 Å². The lowest BCUT2D eigenvalue weighted by atomic mass is 10.1. The van der Waals surface area contributed by atoms with Gasteiger partial charge in [-0.3, -0.25) is 9.59 Å². The summed E-state index contributed by atoms with van der Waals surface area (Å²) in [6.07, 6.45) is 0. The van der Waals surface area contributed by atoms with Gasteiger partial charge in [0.25, 0.3) is 5.91 Å². The maximum absolute atomic E-state index is 13.5. The van der Waals surface area contributed by atoms with Crippen LogP contribution in [0, 0.1) is 5.82 Å². The second-order valence-corrected chi connectivity index (χ2v) is 6.04. The molecular formula is C21H19FN2O3. The molecule has 0 unspecified atom stereocenters. The van der Waals surface area contributed by atoms with E-state index < -0.39 is 11.7 Å². The molecule has 3 aromatic rings. The number of halogens is 1. The topological polar surface area (TPSA) is 58.6 Å². The van der Waals surface area contributed by atoms with Crippen molar-refractivity contribution in [3.05, 3.63) is 72.5 Å². The number of hydrogen-bond donors (Lipinski definition) is 1. The number of likely N-dealkylation sites (N-methyl/N-ethyl adjacent to an activating group) is 1. The zero-order valence-corrected chi connectivity index (χ0v) is 14.8. The highest BCUT2D eigenvalue weighted by molar-refractivity contribution is 6.03. The molecule has 5 nitrogen and oxygen atoms in total. The van der Waals surface area contributed by atoms with Crippen LogP contribution >= 0.6 is 0 Å². The van der Waals surface area contributed by atoms with E-state index in [-0.39, 0.29) is 24.8 Å². The molecule has 2 amide bonds. The van der Waals surface area contributed by atoms with Gasteiger partial charge in [0, 0.05) is 18.1 Å². The number of hydrogen-bond acceptors (Lipinski definition) is 3. The molecule has 0 saturated heterocycles. The quantitative estimate of drug-likeness (QED) is 0.727. The SMILES string of the molecule is CN(CC(=O)Nc1cccc2ccccc12)C(=O)COc1ccccc1F. The van der Waals surface area contributed by atoms with Gasteiger partial charge in [-0.15, -0.1) is 0 Å². The van der Waals surface area contributed by atoms with E-state index in [4.69, 9.17) is 4.74 Å². The van der Waals surface area contributed by atoms with Crippen molar-refractivity contribution in [3.63, 3.8) is 0 Å². The summed E-state index contributed by atoms with van der Waals surface area (Å²) >= 11 is 0. The fourth-order valence-corrected chi connectivity index (χ4v) is 2.64. The number of ether oxygens (including phenoxy) is 1. The lowest BCUT2D eigenvalue weighted by Crippen LogP contribution is -2.37. The molecule has 0 aliphatic rings. The number of nitrogens with zero attached hydrogens (tertiary/aromatic N) is 1. The van der Waals surface area contributed by atoms with Crippen LogP contribution < -0.4 is 10.1 Å². The van der Waals surface area contributed by atoms with Crippen LogP contribution in [0.25, 0.3) is 10.8 Å². The first kappa shape index (κ1) is 18.4. The molecule has 0 heterocycles. The second-order valence-electron chi connectivity index (χ2n) is 6.04. The maximum atomic E-state index is 13.5. The van der Waals surface area contributed by atoms with E-state index in [2.05, 4.69) is 5.32 Å². The Morgan fingerprint density at radius 2 is 1.70 bits per heavy atom. The van der Waals surface area contributed by atoms with Gasteiger partial charge >= 0.3 is 0 Å². The lowest BCUT2D eigenvalue weighted by Gasteiger charge is -2.17. The Kier molecular flexibility index (Phi) is 5.66. The number of benzene rings is 3. The average Bonchev–Trinajstić information content (AvgIpc) is 2.67. The molecule has 138 valence electrons. The first-order chi connectivity index (χ1) is 13.0. The average molecular weight is 366 g/mol. The van der Waals surface area contributed by atoms with Crippen LogP contribution in [0.1, 0.15) is 0 Å². The third-order valence-corrected chi connectivity index (χ3v) is 4.06. The second kappa shape index (κ2) is 8.31. The minimum atomic E-state index is -0.540. The number of fused-ring (bicyclic) bond motifs is 1. The number of amides is 2. The molecule has 1 N–H and O–H groups in total. The summed E-state index contributed by atoms with van der Waals surface area (Å²) in [5.41, 5.74) is 0.682. The normalized spacial score (nSPS) is 10.4. The minimum absolute atomic E-state index is 0.000503. The number of carbonyl (C=O) groups excluding carboxylic acids is 2. The van der Waals surface area contributed by atoms with Crippen molar-refractivity contribution >= 4 is 28.3 Å². The summed E-state index contributed by atoms with van der Waals surface area (Å²) in [6.45, 7) is -0.484. The number of nitrogens with one attached hydrogen (secondary N) is 1. The molecule has 27 heavy (non-hydrogen) atoms. The van der Waals surface area contributed by atoms with Gasteiger partial charge in [-0.25, -0.2) is 4.39 Å². The van der Waals surface area contributed by atoms with Gasteiger partial charge in [0.2, 0.25) is 5.91 Å². The van der Waals surface area contributed by atoms with Crippen molar-refractivity contribution in [2.45, 2.75) is 0 Å². The molecule has 0 fully saturated rings. The smallest absolute Gasteiger partial charge is 0.260 e. The monoisotopic (exact) mass is 366 g/mol. The molecular weight excluding hydrogens is 347 g/mol. The maximum Gasteiger partial charge on any atom is 0.260 e. The van der Waals surface area contributed by atoms with Gasteiger partial charge in [0.15, 0.2) is 18.2 Å². The Morgan fingerprint density at radius 1 is 1.00 bits per heavy atom. The largest absolute Gasteiger partial charge is 0.481 e. The summed E-state index contributed by atoms with van der Waals surface area (Å²) in [5.74, 6) is -1.29. The Morgan fingerprint density at radius 3 is 2.52 bits per heavy atom. The van der Waals surface area contributed by atoms with E-state index in [1.165, 1.54) is 30.1 Å². The first-order valence-corrected chi connectivity index (χ1v) is 8.43. The molecule has 6 heteroatoms. The highest BCUT2D eigenvalue weighted by Crippen LogP contribution is 2.22. The van der Waals surface area contributed by atoms with Crippen molar-refractivity contribution in [1.29, 1.82) is 0 Å². The van der Waals surface area contributed by atoms with Crippen LogP contribution in [-0.4, -0.2) is 36.9 Å². The van der Waals surface area contributed by atoms with Crippen molar-refractivity contribution in [1.82, 2.24) is 4.90 Å². The standard InChI is InChI=1S/C21H19FN2O3/c1-24(21(26)14-27-19-12-5-4-10-17(19)22)13-20(25)23-18-11-6-8-15-7-2-3-9-16(15)18/h2-12H,13-14H2,1H3,(H,23,25). The van der Waals surface area contributed by atoms with Crippen LogP contribution in [0.15, 0.2) is 66.7 Å². The lowest BCUT2D eigenvalue weighted by molar-refractivity contribution is -0.135. The van der Waals surface area contributed by atoms with E-state index in [0.717, 1.165) is 10.8 Å². The number of anilines is 1. The molecule has 0 aliphatic heterocycles. The summed E-state index contributed by atoms with van der Waals surface area (Å²) in [6, 6.07) is 19.2. The predicted octanol–water partition coefficient (Wildman–Crippen LogP) is 3.45. The predicted molar refractivity (Wildman–Crippen MR) is 102 cm³/mol. The van der Waals surface area contributed by atoms with Gasteiger partial charge in [0.05, 0.1) is 6.54 Å². The third kappa shape index (κ3) is 4.61. The van der Waals surface area contributed by atoms with E-state index in [1.807, 2.05) is 42.5 Å². The summed E-state index contributed by atoms with van der Waals surface area (Å²) < 4.78 is 18.7. The molecule has 3 aromatic carbocycles. The molecule has 0 atom stereocenters. The van der Waals surface area contributed by atoms with Gasteiger partial charge in [0.1, 0.15) is 0 Å². The van der Waals surface area contributed by atoms with Crippen molar-refractivity contribution < 1.29 is 18.7 Å². The molecule has 0 aliphatic carbocycles. The Labute approximate surface area is 156 Å². The number of carbonyl (C=O) groups is 2. The zero-order chi connectivity index (χ0) is 19.2. The highest BCUT2D eigenvalue weighted by Gasteiger charge is 2.15. The van der Waals surface area contributed by atoms with Gasteiger partial charge < -0.3 is 15.0 Å². The minimum Gasteiger partial charge on any atom is -0.481 e. The molecule has 0 bridgehead atoms. The Hall–Kier alpha value is -3.41. The van der Waals surface area contributed by atoms with Crippen molar-refractivity contribution in [2.75, 3.05) is 25.5 Å². The molecule has 0 radical (unpaired) electrons. The number of para-hydroxylation sites is 1. The van der Waals surface area contributed by atoms with E-state index in [0.29, 0.717) is 5.69 Å². The molecule has 0 spiro atoms. The molecule has 0 aromatic heterocycles. The molecule has 3 rings (SSSR count).